The van der Waals surface area contributed by atoms with Gasteiger partial charge in [-0.05, 0) is 55.0 Å². The number of carbonyl (C=O) groups excluding carboxylic acids is 2. The van der Waals surface area contributed by atoms with Gasteiger partial charge in [0.2, 0.25) is 0 Å². The number of Topliss-reactive ketones (excluding diaryl/α,β-unsaturated/α-hetero) is 1. The zero-order valence-electron chi connectivity index (χ0n) is 19.0. The first-order valence-corrected chi connectivity index (χ1v) is 11.7. The molecule has 9 heteroatoms. The van der Waals surface area contributed by atoms with Crippen LogP contribution >= 0.6 is 11.3 Å². The molecule has 2 aromatic heterocycles. The maximum Gasteiger partial charge on any atom is 0.301 e. The maximum atomic E-state index is 13.4. The minimum Gasteiger partial charge on any atom is -0.507 e. The molecule has 1 saturated heterocycles. The Kier molecular flexibility index (Phi) is 5.92. The molecule has 8 nitrogen and oxygen atoms in total. The highest BCUT2D eigenvalue weighted by Gasteiger charge is 2.48. The van der Waals surface area contributed by atoms with E-state index in [1.165, 1.54) is 35.7 Å². The molecule has 176 valence electrons. The molecule has 4 aromatic rings. The Balaban J connectivity index is 1.70. The van der Waals surface area contributed by atoms with E-state index in [1.807, 2.05) is 25.1 Å². The van der Waals surface area contributed by atoms with Crippen LogP contribution in [0.2, 0.25) is 0 Å². The average Bonchev–Trinajstić information content (AvgIpc) is 3.42. The van der Waals surface area contributed by atoms with Crippen LogP contribution in [0.15, 0.2) is 72.6 Å². The molecule has 1 unspecified atom stereocenters. The number of hydrogen-bond donors (Lipinski definition) is 1. The topological polar surface area (TPSA) is 102 Å². The van der Waals surface area contributed by atoms with Crippen LogP contribution in [0.3, 0.4) is 0 Å². The molecule has 3 heterocycles. The zero-order valence-corrected chi connectivity index (χ0v) is 19.8. The molecule has 0 aliphatic carbocycles. The molecular weight excluding hydrogens is 466 g/mol. The summed E-state index contributed by atoms with van der Waals surface area (Å²) in [5, 5.41) is 11.5. The number of aliphatic hydroxyl groups excluding tert-OH is 1. The molecule has 0 radical (unpaired) electrons. The molecule has 1 atom stereocenters. The fourth-order valence-corrected chi connectivity index (χ4v) is 5.10. The summed E-state index contributed by atoms with van der Waals surface area (Å²) in [6, 6.07) is 14.8. The Labute approximate surface area is 205 Å². The summed E-state index contributed by atoms with van der Waals surface area (Å²) in [5.41, 5.74) is 1.64. The van der Waals surface area contributed by atoms with E-state index < -0.39 is 17.7 Å². The summed E-state index contributed by atoms with van der Waals surface area (Å²) < 4.78 is 11.8. The van der Waals surface area contributed by atoms with Gasteiger partial charge in [-0.2, -0.15) is 0 Å². The summed E-state index contributed by atoms with van der Waals surface area (Å²) in [6.45, 7) is 2.43. The van der Waals surface area contributed by atoms with Crippen molar-refractivity contribution in [2.24, 2.45) is 0 Å². The number of pyridine rings is 1. The number of methoxy groups -OCH3 is 1. The van der Waals surface area contributed by atoms with E-state index in [4.69, 9.17) is 9.47 Å². The Morgan fingerprint density at radius 1 is 1.09 bits per heavy atom. The van der Waals surface area contributed by atoms with Crippen molar-refractivity contribution < 1.29 is 24.2 Å². The van der Waals surface area contributed by atoms with Gasteiger partial charge < -0.3 is 14.6 Å². The predicted molar refractivity (Wildman–Crippen MR) is 133 cm³/mol. The second-order valence-electron chi connectivity index (χ2n) is 7.74. The van der Waals surface area contributed by atoms with Crippen molar-refractivity contribution in [3.05, 3.63) is 83.7 Å². The third kappa shape index (κ3) is 4.00. The van der Waals surface area contributed by atoms with Gasteiger partial charge in [0.1, 0.15) is 17.3 Å². The maximum absolute atomic E-state index is 13.4. The second-order valence-corrected chi connectivity index (χ2v) is 8.75. The van der Waals surface area contributed by atoms with Crippen molar-refractivity contribution in [1.29, 1.82) is 0 Å². The molecule has 1 aliphatic rings. The van der Waals surface area contributed by atoms with E-state index >= 15 is 0 Å². The third-order valence-corrected chi connectivity index (χ3v) is 6.69. The lowest BCUT2D eigenvalue weighted by Gasteiger charge is -2.23. The molecule has 1 N–H and O–H groups in total. The second kappa shape index (κ2) is 9.19. The number of hydrogen-bond acceptors (Lipinski definition) is 8. The Bertz CT molecular complexity index is 1460. The van der Waals surface area contributed by atoms with Crippen LogP contribution in [0.4, 0.5) is 5.13 Å². The molecular formula is C26H21N3O5S. The Hall–Kier alpha value is -4.24. The van der Waals surface area contributed by atoms with Gasteiger partial charge in [0.15, 0.2) is 5.13 Å². The highest BCUT2D eigenvalue weighted by atomic mass is 32.1. The number of thiazole rings is 1. The van der Waals surface area contributed by atoms with Crippen LogP contribution in [0.1, 0.15) is 24.1 Å². The van der Waals surface area contributed by atoms with E-state index in [-0.39, 0.29) is 11.3 Å². The molecule has 1 aliphatic heterocycles. The quantitative estimate of drug-likeness (QED) is 0.238. The smallest absolute Gasteiger partial charge is 0.301 e. The largest absolute Gasteiger partial charge is 0.507 e. The minimum atomic E-state index is -0.898. The average molecular weight is 488 g/mol. The summed E-state index contributed by atoms with van der Waals surface area (Å²) in [6.07, 6.45) is 3.02. The molecule has 35 heavy (non-hydrogen) atoms. The van der Waals surface area contributed by atoms with Crippen molar-refractivity contribution in [1.82, 2.24) is 9.97 Å². The van der Waals surface area contributed by atoms with Gasteiger partial charge in [0.05, 0.1) is 35.5 Å². The minimum absolute atomic E-state index is 0.0243. The third-order valence-electron chi connectivity index (χ3n) is 5.67. The first-order valence-electron chi connectivity index (χ1n) is 10.9. The molecule has 0 spiro atoms. The number of rotatable bonds is 6. The molecule has 1 fully saturated rings. The summed E-state index contributed by atoms with van der Waals surface area (Å²) in [7, 11) is 1.54. The first-order chi connectivity index (χ1) is 17.0. The van der Waals surface area contributed by atoms with Crippen LogP contribution < -0.4 is 14.4 Å². The summed E-state index contributed by atoms with van der Waals surface area (Å²) in [5.74, 6) is -0.582. The first kappa shape index (κ1) is 22.5. The van der Waals surface area contributed by atoms with Crippen molar-refractivity contribution in [2.45, 2.75) is 13.0 Å². The SMILES string of the molecule is CCOc1ccc2nc(N3C(=O)C(=O)/C(=C(/O)c4ccncc4)C3c3cccc(OC)c3)sc2c1. The monoisotopic (exact) mass is 487 g/mol. The Morgan fingerprint density at radius 2 is 1.89 bits per heavy atom. The highest BCUT2D eigenvalue weighted by Crippen LogP contribution is 2.45. The molecule has 0 bridgehead atoms. The van der Waals surface area contributed by atoms with Gasteiger partial charge >= 0.3 is 5.91 Å². The van der Waals surface area contributed by atoms with E-state index in [2.05, 4.69) is 9.97 Å². The lowest BCUT2D eigenvalue weighted by molar-refractivity contribution is -0.132. The predicted octanol–water partition coefficient (Wildman–Crippen LogP) is 4.72. The van der Waals surface area contributed by atoms with Gasteiger partial charge in [-0.3, -0.25) is 19.5 Å². The lowest BCUT2D eigenvalue weighted by atomic mass is 9.95. The van der Waals surface area contributed by atoms with Crippen LogP contribution in [-0.2, 0) is 9.59 Å². The van der Waals surface area contributed by atoms with Crippen molar-refractivity contribution in [3.8, 4) is 11.5 Å². The summed E-state index contributed by atoms with van der Waals surface area (Å²) in [4.78, 5) is 36.6. The van der Waals surface area contributed by atoms with Gasteiger partial charge in [-0.1, -0.05) is 23.5 Å². The number of amides is 1. The fraction of sp³-hybridized carbons (Fsp3) is 0.154. The van der Waals surface area contributed by atoms with Gasteiger partial charge in [-0.25, -0.2) is 4.98 Å². The van der Waals surface area contributed by atoms with E-state index in [1.54, 1.807) is 36.4 Å². The normalized spacial score (nSPS) is 17.2. The van der Waals surface area contributed by atoms with E-state index in [9.17, 15) is 14.7 Å². The molecule has 5 rings (SSSR count). The number of benzene rings is 2. The van der Waals surface area contributed by atoms with Gasteiger partial charge in [0.25, 0.3) is 5.78 Å². The summed E-state index contributed by atoms with van der Waals surface area (Å²) >= 11 is 1.27. The number of ketones is 1. The Morgan fingerprint density at radius 3 is 2.63 bits per heavy atom. The number of aromatic nitrogens is 2. The van der Waals surface area contributed by atoms with Gasteiger partial charge in [0, 0.05) is 18.0 Å². The van der Waals surface area contributed by atoms with Crippen LogP contribution in [0.25, 0.3) is 16.0 Å². The zero-order chi connectivity index (χ0) is 24.5. The van der Waals surface area contributed by atoms with Crippen molar-refractivity contribution >= 4 is 44.1 Å². The lowest BCUT2D eigenvalue weighted by Crippen LogP contribution is -2.29. The molecule has 1 amide bonds. The highest BCUT2D eigenvalue weighted by molar-refractivity contribution is 7.22. The van der Waals surface area contributed by atoms with Crippen LogP contribution in [0.5, 0.6) is 11.5 Å². The van der Waals surface area contributed by atoms with Crippen LogP contribution in [-0.4, -0.2) is 40.5 Å². The van der Waals surface area contributed by atoms with Crippen molar-refractivity contribution in [3.63, 3.8) is 0 Å². The van der Waals surface area contributed by atoms with Crippen LogP contribution in [0, 0.1) is 0 Å². The number of carbonyl (C=O) groups is 2. The van der Waals surface area contributed by atoms with Gasteiger partial charge in [-0.15, -0.1) is 0 Å². The van der Waals surface area contributed by atoms with E-state index in [0.717, 1.165) is 4.70 Å². The molecule has 0 saturated carbocycles. The van der Waals surface area contributed by atoms with Crippen molar-refractivity contribution in [2.75, 3.05) is 18.6 Å². The number of fused-ring (bicyclic) bond motifs is 1. The van der Waals surface area contributed by atoms with E-state index in [0.29, 0.717) is 39.9 Å². The number of nitrogens with zero attached hydrogens (tertiary/aromatic N) is 3. The number of anilines is 1. The standard InChI is InChI=1S/C26H21N3O5S/c1-3-34-18-7-8-19-20(14-18)35-26(28-19)29-22(16-5-4-6-17(13-16)33-2)21(24(31)25(29)32)23(30)15-9-11-27-12-10-15/h4-14,22,30H,3H2,1-2H3/b23-21+. The number of aliphatic hydroxyl groups is 1. The molecule has 2 aromatic carbocycles. The fourth-order valence-electron chi connectivity index (χ4n) is 4.07. The number of ether oxygens (including phenoxy) is 2.